The lowest BCUT2D eigenvalue weighted by Crippen LogP contribution is -2.20. The molecule has 0 bridgehead atoms. The fourth-order valence-corrected chi connectivity index (χ4v) is 3.23. The van der Waals surface area contributed by atoms with Crippen molar-refractivity contribution in [2.24, 2.45) is 0 Å². The average Bonchev–Trinajstić information content (AvgIpc) is 2.72. The van der Waals surface area contributed by atoms with Gasteiger partial charge in [0.15, 0.2) is 6.61 Å². The summed E-state index contributed by atoms with van der Waals surface area (Å²) in [6, 6.07) is 19.8. The fraction of sp³-hybridized carbons (Fsp3) is 0.125. The molecule has 0 aliphatic heterocycles. The van der Waals surface area contributed by atoms with Crippen molar-refractivity contribution in [3.8, 4) is 17.2 Å². The summed E-state index contributed by atoms with van der Waals surface area (Å²) in [7, 11) is 0. The van der Waals surface area contributed by atoms with Crippen LogP contribution in [0.2, 0.25) is 0 Å². The van der Waals surface area contributed by atoms with Crippen LogP contribution in [0.15, 0.2) is 75.9 Å². The number of benzene rings is 3. The van der Waals surface area contributed by atoms with E-state index in [0.29, 0.717) is 27.9 Å². The van der Waals surface area contributed by atoms with Crippen LogP contribution in [0.1, 0.15) is 11.1 Å². The van der Waals surface area contributed by atoms with Crippen molar-refractivity contribution in [2.45, 2.75) is 13.8 Å². The van der Waals surface area contributed by atoms with Crippen LogP contribution >= 0.6 is 0 Å². The number of carbonyl (C=O) groups excluding carboxylic acids is 1. The fourth-order valence-electron chi connectivity index (χ4n) is 3.23. The van der Waals surface area contributed by atoms with Gasteiger partial charge in [0, 0.05) is 11.3 Å². The van der Waals surface area contributed by atoms with Crippen LogP contribution in [0.25, 0.3) is 22.4 Å². The Balaban J connectivity index is 1.49. The minimum atomic E-state index is -0.452. The molecule has 4 aromatic rings. The van der Waals surface area contributed by atoms with E-state index in [0.717, 1.165) is 11.1 Å². The van der Waals surface area contributed by atoms with E-state index in [1.807, 2.05) is 38.1 Å². The van der Waals surface area contributed by atoms with Gasteiger partial charge in [-0.15, -0.1) is 0 Å². The van der Waals surface area contributed by atoms with E-state index < -0.39 is 5.63 Å². The predicted octanol–water partition coefficient (Wildman–Crippen LogP) is 4.49. The Morgan fingerprint density at radius 3 is 2.57 bits per heavy atom. The van der Waals surface area contributed by atoms with Crippen LogP contribution in [0, 0.1) is 13.8 Å². The third-order valence-corrected chi connectivity index (χ3v) is 4.49. The number of aryl methyl sites for hydroxylation is 2. The number of nitrogens with one attached hydrogen (secondary N) is 1. The Morgan fingerprint density at radius 2 is 1.77 bits per heavy atom. The Bertz CT molecular complexity index is 1270. The molecule has 6 heteroatoms. The van der Waals surface area contributed by atoms with Gasteiger partial charge in [0.1, 0.15) is 5.75 Å². The van der Waals surface area contributed by atoms with Crippen LogP contribution in [0.5, 0.6) is 5.75 Å². The number of rotatable bonds is 5. The molecule has 0 unspecified atom stereocenters. The molecule has 0 aliphatic rings. The summed E-state index contributed by atoms with van der Waals surface area (Å²) in [6.45, 7) is 3.84. The zero-order valence-corrected chi connectivity index (χ0v) is 16.6. The first-order valence-corrected chi connectivity index (χ1v) is 9.49. The summed E-state index contributed by atoms with van der Waals surface area (Å²) in [4.78, 5) is 28.9. The lowest BCUT2D eigenvalue weighted by Gasteiger charge is -2.10. The van der Waals surface area contributed by atoms with Crippen molar-refractivity contribution in [1.82, 2.24) is 4.98 Å². The van der Waals surface area contributed by atoms with E-state index in [9.17, 15) is 9.59 Å². The van der Waals surface area contributed by atoms with Crippen molar-refractivity contribution in [3.05, 3.63) is 88.3 Å². The second-order valence-corrected chi connectivity index (χ2v) is 7.06. The molecule has 1 heterocycles. The zero-order chi connectivity index (χ0) is 21.1. The van der Waals surface area contributed by atoms with Crippen LogP contribution in [0.3, 0.4) is 0 Å². The Hall–Kier alpha value is -3.93. The Kier molecular flexibility index (Phi) is 5.30. The van der Waals surface area contributed by atoms with E-state index in [-0.39, 0.29) is 18.4 Å². The summed E-state index contributed by atoms with van der Waals surface area (Å²) in [5.41, 5.74) is 3.39. The summed E-state index contributed by atoms with van der Waals surface area (Å²) >= 11 is 0. The summed E-state index contributed by atoms with van der Waals surface area (Å²) in [5.74, 6) is 0.555. The third kappa shape index (κ3) is 4.38. The molecule has 0 radical (unpaired) electrons. The first kappa shape index (κ1) is 19.4. The normalized spacial score (nSPS) is 10.7. The highest BCUT2D eigenvalue weighted by Crippen LogP contribution is 2.22. The summed E-state index contributed by atoms with van der Waals surface area (Å²) in [5, 5.41) is 3.22. The number of ether oxygens (including phenoxy) is 1. The SMILES string of the molecule is Cc1cc(C)cc(OCC(=O)Nc2cccc(-c3nc4ccccc4c(=O)o3)c2)c1. The minimum absolute atomic E-state index is 0.115. The first-order chi connectivity index (χ1) is 14.5. The predicted molar refractivity (Wildman–Crippen MR) is 116 cm³/mol. The van der Waals surface area contributed by atoms with Gasteiger partial charge in [-0.25, -0.2) is 9.78 Å². The second-order valence-electron chi connectivity index (χ2n) is 7.06. The van der Waals surface area contributed by atoms with Crippen molar-refractivity contribution < 1.29 is 13.9 Å². The first-order valence-electron chi connectivity index (χ1n) is 9.49. The van der Waals surface area contributed by atoms with Crippen molar-refractivity contribution in [1.29, 1.82) is 0 Å². The van der Waals surface area contributed by atoms with E-state index >= 15 is 0 Å². The van der Waals surface area contributed by atoms with Crippen molar-refractivity contribution in [3.63, 3.8) is 0 Å². The number of hydrogen-bond donors (Lipinski definition) is 1. The van der Waals surface area contributed by atoms with Crippen LogP contribution in [-0.4, -0.2) is 17.5 Å². The maximum atomic E-state index is 12.3. The van der Waals surface area contributed by atoms with Gasteiger partial charge in [-0.1, -0.05) is 24.3 Å². The van der Waals surface area contributed by atoms with Gasteiger partial charge in [-0.3, -0.25) is 4.79 Å². The van der Waals surface area contributed by atoms with Crippen LogP contribution in [0.4, 0.5) is 5.69 Å². The molecule has 0 saturated carbocycles. The molecule has 0 saturated heterocycles. The molecule has 4 rings (SSSR count). The lowest BCUT2D eigenvalue weighted by molar-refractivity contribution is -0.118. The highest BCUT2D eigenvalue weighted by atomic mass is 16.5. The van der Waals surface area contributed by atoms with Gasteiger partial charge in [0.05, 0.1) is 10.9 Å². The summed E-state index contributed by atoms with van der Waals surface area (Å²) < 4.78 is 11.0. The quantitative estimate of drug-likeness (QED) is 0.534. The van der Waals surface area contributed by atoms with E-state index in [2.05, 4.69) is 10.3 Å². The van der Waals surface area contributed by atoms with Gasteiger partial charge in [0.25, 0.3) is 5.91 Å². The van der Waals surface area contributed by atoms with E-state index in [1.165, 1.54) is 0 Å². The number of nitrogens with zero attached hydrogens (tertiary/aromatic N) is 1. The molecule has 0 spiro atoms. The van der Waals surface area contributed by atoms with Crippen LogP contribution < -0.4 is 15.7 Å². The van der Waals surface area contributed by atoms with Crippen LogP contribution in [-0.2, 0) is 4.79 Å². The van der Waals surface area contributed by atoms with Crippen molar-refractivity contribution >= 4 is 22.5 Å². The number of hydrogen-bond acceptors (Lipinski definition) is 5. The molecule has 1 amide bonds. The Morgan fingerprint density at radius 1 is 1.00 bits per heavy atom. The molecule has 3 aromatic carbocycles. The van der Waals surface area contributed by atoms with Crippen molar-refractivity contribution in [2.75, 3.05) is 11.9 Å². The Labute approximate surface area is 173 Å². The molecule has 6 nitrogen and oxygen atoms in total. The lowest BCUT2D eigenvalue weighted by atomic mass is 10.1. The molecule has 1 aromatic heterocycles. The largest absolute Gasteiger partial charge is 0.484 e. The highest BCUT2D eigenvalue weighted by molar-refractivity contribution is 5.92. The maximum Gasteiger partial charge on any atom is 0.347 e. The number of aromatic nitrogens is 1. The maximum absolute atomic E-state index is 12.3. The van der Waals surface area contributed by atoms with Gasteiger partial charge in [-0.05, 0) is 67.4 Å². The number of carbonyl (C=O) groups is 1. The minimum Gasteiger partial charge on any atom is -0.484 e. The topological polar surface area (TPSA) is 81.4 Å². The molecule has 30 heavy (non-hydrogen) atoms. The molecule has 0 atom stereocenters. The number of anilines is 1. The molecular weight excluding hydrogens is 380 g/mol. The van der Waals surface area contributed by atoms with Gasteiger partial charge in [-0.2, -0.15) is 0 Å². The van der Waals surface area contributed by atoms with E-state index in [1.54, 1.807) is 42.5 Å². The van der Waals surface area contributed by atoms with E-state index in [4.69, 9.17) is 9.15 Å². The molecule has 150 valence electrons. The highest BCUT2D eigenvalue weighted by Gasteiger charge is 2.10. The number of fused-ring (bicyclic) bond motifs is 1. The van der Waals surface area contributed by atoms with Gasteiger partial charge >= 0.3 is 5.63 Å². The monoisotopic (exact) mass is 400 g/mol. The standard InChI is InChI=1S/C24H20N2O4/c1-15-10-16(2)12-19(11-15)29-14-22(27)25-18-7-5-6-17(13-18)23-26-21-9-4-3-8-20(21)24(28)30-23/h3-13H,14H2,1-2H3,(H,25,27). The average molecular weight is 400 g/mol. The molecule has 0 fully saturated rings. The molecular formula is C24H20N2O4. The smallest absolute Gasteiger partial charge is 0.347 e. The number of amides is 1. The summed E-state index contributed by atoms with van der Waals surface area (Å²) in [6.07, 6.45) is 0. The second kappa shape index (κ2) is 8.21. The zero-order valence-electron chi connectivity index (χ0n) is 16.6. The molecule has 0 aliphatic carbocycles. The molecule has 1 N–H and O–H groups in total. The number of para-hydroxylation sites is 1. The van der Waals surface area contributed by atoms with Gasteiger partial charge in [0.2, 0.25) is 5.89 Å². The van der Waals surface area contributed by atoms with Gasteiger partial charge < -0.3 is 14.5 Å². The third-order valence-electron chi connectivity index (χ3n) is 4.49.